The zero-order chi connectivity index (χ0) is 23.8. The molecule has 0 aromatic heterocycles. The van der Waals surface area contributed by atoms with Crippen LogP contribution in [-0.4, -0.2) is 62.2 Å². The molecule has 0 saturated carbocycles. The van der Waals surface area contributed by atoms with E-state index in [1.807, 2.05) is 6.07 Å². The number of anilines is 1. The van der Waals surface area contributed by atoms with Gasteiger partial charge < -0.3 is 9.80 Å². The van der Waals surface area contributed by atoms with Crippen LogP contribution in [0.2, 0.25) is 0 Å². The van der Waals surface area contributed by atoms with Crippen LogP contribution in [0.5, 0.6) is 0 Å². The minimum atomic E-state index is -3.76. The number of carbonyl (C=O) groups is 2. The first-order valence-electron chi connectivity index (χ1n) is 10.2. The Hall–Kier alpha value is -3.36. The SMILES string of the molecule is N#Cc1ccc(S(=O)(=O)N2CCN(C(=O)C3CC(=O)N(c4cc(F)cc(F)c4)C3)CC2)cc1. The Labute approximate surface area is 189 Å². The van der Waals surface area contributed by atoms with E-state index in [1.165, 1.54) is 38.4 Å². The summed E-state index contributed by atoms with van der Waals surface area (Å²) in [7, 11) is -3.76. The summed E-state index contributed by atoms with van der Waals surface area (Å²) in [6, 6.07) is 10.3. The molecular weight excluding hydrogens is 454 g/mol. The van der Waals surface area contributed by atoms with E-state index < -0.39 is 33.5 Å². The van der Waals surface area contributed by atoms with Gasteiger partial charge in [0.05, 0.1) is 22.4 Å². The van der Waals surface area contributed by atoms with Gasteiger partial charge in [-0.15, -0.1) is 0 Å². The minimum absolute atomic E-state index is 0.00428. The normalized spacial score (nSPS) is 19.5. The number of benzene rings is 2. The van der Waals surface area contributed by atoms with Gasteiger partial charge in [-0.2, -0.15) is 9.57 Å². The molecule has 0 N–H and O–H groups in total. The Morgan fingerprint density at radius 3 is 2.18 bits per heavy atom. The smallest absolute Gasteiger partial charge is 0.243 e. The standard InChI is InChI=1S/C22H20F2N4O4S/c23-17-10-18(24)12-19(11-17)28-14-16(9-21(28)29)22(30)26-5-7-27(8-6-26)33(31,32)20-3-1-15(13-25)2-4-20/h1-4,10-12,16H,5-9,14H2. The monoisotopic (exact) mass is 474 g/mol. The number of hydrogen-bond acceptors (Lipinski definition) is 5. The van der Waals surface area contributed by atoms with Crippen LogP contribution in [0.4, 0.5) is 14.5 Å². The number of carbonyl (C=O) groups excluding carboxylic acids is 2. The molecule has 2 amide bonds. The van der Waals surface area contributed by atoms with Crippen molar-refractivity contribution < 1.29 is 26.8 Å². The maximum atomic E-state index is 13.5. The van der Waals surface area contributed by atoms with Gasteiger partial charge in [-0.1, -0.05) is 0 Å². The molecule has 172 valence electrons. The van der Waals surface area contributed by atoms with Crippen LogP contribution in [0, 0.1) is 28.9 Å². The molecule has 1 atom stereocenters. The first-order valence-corrected chi connectivity index (χ1v) is 11.7. The fourth-order valence-corrected chi connectivity index (χ4v) is 5.50. The highest BCUT2D eigenvalue weighted by atomic mass is 32.2. The molecule has 1 unspecified atom stereocenters. The van der Waals surface area contributed by atoms with Crippen molar-refractivity contribution in [1.29, 1.82) is 5.26 Å². The number of nitriles is 1. The van der Waals surface area contributed by atoms with E-state index in [-0.39, 0.29) is 55.6 Å². The van der Waals surface area contributed by atoms with Gasteiger partial charge in [0.25, 0.3) is 0 Å². The Bertz CT molecular complexity index is 1220. The molecule has 33 heavy (non-hydrogen) atoms. The summed E-state index contributed by atoms with van der Waals surface area (Å²) in [4.78, 5) is 28.1. The molecule has 11 heteroatoms. The fourth-order valence-electron chi connectivity index (χ4n) is 4.08. The zero-order valence-electron chi connectivity index (χ0n) is 17.4. The van der Waals surface area contributed by atoms with E-state index in [9.17, 15) is 26.8 Å². The van der Waals surface area contributed by atoms with Crippen LogP contribution in [0.25, 0.3) is 0 Å². The highest BCUT2D eigenvalue weighted by Gasteiger charge is 2.39. The largest absolute Gasteiger partial charge is 0.340 e. The average Bonchev–Trinajstić information content (AvgIpc) is 3.19. The molecule has 4 rings (SSSR count). The second-order valence-corrected chi connectivity index (χ2v) is 9.84. The molecule has 2 aromatic carbocycles. The van der Waals surface area contributed by atoms with Crippen LogP contribution in [0.3, 0.4) is 0 Å². The Morgan fingerprint density at radius 2 is 1.61 bits per heavy atom. The fraction of sp³-hybridized carbons (Fsp3) is 0.318. The molecule has 2 aromatic rings. The van der Waals surface area contributed by atoms with E-state index >= 15 is 0 Å². The maximum Gasteiger partial charge on any atom is 0.243 e. The number of sulfonamides is 1. The summed E-state index contributed by atoms with van der Waals surface area (Å²) < 4.78 is 54.0. The predicted octanol–water partition coefficient (Wildman–Crippen LogP) is 1.72. The third-order valence-electron chi connectivity index (χ3n) is 5.80. The van der Waals surface area contributed by atoms with Crippen molar-refractivity contribution in [3.05, 3.63) is 59.7 Å². The number of rotatable bonds is 4. The number of hydrogen-bond donors (Lipinski definition) is 0. The highest BCUT2D eigenvalue weighted by molar-refractivity contribution is 7.89. The molecule has 2 saturated heterocycles. The van der Waals surface area contributed by atoms with Crippen molar-refractivity contribution in [2.75, 3.05) is 37.6 Å². The van der Waals surface area contributed by atoms with Gasteiger partial charge in [0.15, 0.2) is 0 Å². The number of piperazine rings is 1. The molecular formula is C22H20F2N4O4S. The first kappa shape index (κ1) is 22.8. The molecule has 0 aliphatic carbocycles. The average molecular weight is 474 g/mol. The molecule has 2 fully saturated rings. The second kappa shape index (κ2) is 8.88. The van der Waals surface area contributed by atoms with E-state index in [2.05, 4.69) is 0 Å². The van der Waals surface area contributed by atoms with Crippen molar-refractivity contribution in [2.24, 2.45) is 5.92 Å². The van der Waals surface area contributed by atoms with Crippen LogP contribution in [0.15, 0.2) is 47.4 Å². The van der Waals surface area contributed by atoms with Crippen molar-refractivity contribution >= 4 is 27.5 Å². The van der Waals surface area contributed by atoms with E-state index in [4.69, 9.17) is 5.26 Å². The summed E-state index contributed by atoms with van der Waals surface area (Å²) >= 11 is 0. The van der Waals surface area contributed by atoms with Crippen molar-refractivity contribution in [2.45, 2.75) is 11.3 Å². The lowest BCUT2D eigenvalue weighted by atomic mass is 10.1. The topological polar surface area (TPSA) is 102 Å². The van der Waals surface area contributed by atoms with Crippen LogP contribution in [0.1, 0.15) is 12.0 Å². The Morgan fingerprint density at radius 1 is 1.00 bits per heavy atom. The first-order chi connectivity index (χ1) is 15.7. The lowest BCUT2D eigenvalue weighted by Gasteiger charge is -2.35. The van der Waals surface area contributed by atoms with E-state index in [0.29, 0.717) is 11.6 Å². The highest BCUT2D eigenvalue weighted by Crippen LogP contribution is 2.28. The minimum Gasteiger partial charge on any atom is -0.340 e. The van der Waals surface area contributed by atoms with Crippen LogP contribution < -0.4 is 4.90 Å². The van der Waals surface area contributed by atoms with Crippen molar-refractivity contribution in [3.8, 4) is 6.07 Å². The van der Waals surface area contributed by atoms with Crippen molar-refractivity contribution in [1.82, 2.24) is 9.21 Å². The third kappa shape index (κ3) is 4.58. The Kier molecular flexibility index (Phi) is 6.14. The number of amides is 2. The second-order valence-electron chi connectivity index (χ2n) is 7.90. The van der Waals surface area contributed by atoms with Crippen LogP contribution in [-0.2, 0) is 19.6 Å². The number of nitrogens with zero attached hydrogens (tertiary/aromatic N) is 4. The lowest BCUT2D eigenvalue weighted by molar-refractivity contribution is -0.136. The summed E-state index contributed by atoms with van der Waals surface area (Å²) in [6.45, 7) is 0.507. The van der Waals surface area contributed by atoms with Gasteiger partial charge in [-0.05, 0) is 36.4 Å². The predicted molar refractivity (Wildman–Crippen MR) is 113 cm³/mol. The van der Waals surface area contributed by atoms with Gasteiger partial charge in [-0.3, -0.25) is 9.59 Å². The Balaban J connectivity index is 1.39. The molecule has 2 aliphatic rings. The van der Waals surface area contributed by atoms with Gasteiger partial charge >= 0.3 is 0 Å². The van der Waals surface area contributed by atoms with E-state index in [0.717, 1.165) is 12.1 Å². The van der Waals surface area contributed by atoms with Crippen LogP contribution >= 0.6 is 0 Å². The van der Waals surface area contributed by atoms with Gasteiger partial charge in [0.1, 0.15) is 11.6 Å². The third-order valence-corrected chi connectivity index (χ3v) is 7.72. The molecule has 2 heterocycles. The maximum absolute atomic E-state index is 13.5. The molecule has 2 aliphatic heterocycles. The lowest BCUT2D eigenvalue weighted by Crippen LogP contribution is -2.52. The van der Waals surface area contributed by atoms with Gasteiger partial charge in [0, 0.05) is 50.9 Å². The molecule has 0 radical (unpaired) electrons. The summed E-state index contributed by atoms with van der Waals surface area (Å²) in [5.74, 6) is -3.00. The molecule has 0 bridgehead atoms. The van der Waals surface area contributed by atoms with Gasteiger partial charge in [0.2, 0.25) is 21.8 Å². The van der Waals surface area contributed by atoms with Gasteiger partial charge in [-0.25, -0.2) is 17.2 Å². The molecule has 0 spiro atoms. The quantitative estimate of drug-likeness (QED) is 0.672. The summed E-state index contributed by atoms with van der Waals surface area (Å²) in [5.41, 5.74) is 0.414. The zero-order valence-corrected chi connectivity index (χ0v) is 18.3. The summed E-state index contributed by atoms with van der Waals surface area (Å²) in [6.07, 6.45) is -0.0826. The van der Waals surface area contributed by atoms with E-state index in [1.54, 1.807) is 0 Å². The number of halogens is 2. The summed E-state index contributed by atoms with van der Waals surface area (Å²) in [5, 5.41) is 8.87. The molecule has 8 nitrogen and oxygen atoms in total. The van der Waals surface area contributed by atoms with Crippen molar-refractivity contribution in [3.63, 3.8) is 0 Å².